The van der Waals surface area contributed by atoms with Gasteiger partial charge in [0.2, 0.25) is 5.91 Å². The maximum atomic E-state index is 12.5. The monoisotopic (exact) mass is 395 g/mol. The molecule has 7 nitrogen and oxygen atoms in total. The molecular formula is C22H25N3O4. The molecule has 7 heteroatoms. The number of ether oxygens (including phenoxy) is 1. The lowest BCUT2D eigenvalue weighted by atomic mass is 10.1. The normalized spacial score (nSPS) is 14.9. The molecule has 0 saturated carbocycles. The van der Waals surface area contributed by atoms with Gasteiger partial charge in [-0.25, -0.2) is 0 Å². The number of rotatable bonds is 6. The van der Waals surface area contributed by atoms with Crippen molar-refractivity contribution in [3.63, 3.8) is 0 Å². The van der Waals surface area contributed by atoms with Crippen molar-refractivity contribution in [3.05, 3.63) is 75.3 Å². The van der Waals surface area contributed by atoms with Crippen LogP contribution in [0.2, 0.25) is 0 Å². The maximum Gasteiger partial charge on any atom is 0.269 e. The fraction of sp³-hybridized carbons (Fsp3) is 0.318. The van der Waals surface area contributed by atoms with E-state index in [0.717, 1.165) is 35.5 Å². The average molecular weight is 395 g/mol. The molecule has 1 aliphatic heterocycles. The minimum atomic E-state index is -0.379. The molecule has 0 bridgehead atoms. The maximum absolute atomic E-state index is 12.5. The number of benzene rings is 2. The van der Waals surface area contributed by atoms with E-state index in [2.05, 4.69) is 4.90 Å². The van der Waals surface area contributed by atoms with Gasteiger partial charge in [0.25, 0.3) is 5.69 Å². The highest BCUT2D eigenvalue weighted by atomic mass is 16.6. The number of methoxy groups -OCH3 is 1. The second kappa shape index (κ2) is 9.34. The van der Waals surface area contributed by atoms with Crippen molar-refractivity contribution in [2.24, 2.45) is 0 Å². The van der Waals surface area contributed by atoms with Gasteiger partial charge >= 0.3 is 0 Å². The summed E-state index contributed by atoms with van der Waals surface area (Å²) >= 11 is 0. The van der Waals surface area contributed by atoms with E-state index in [4.69, 9.17) is 4.74 Å². The predicted octanol–water partition coefficient (Wildman–Crippen LogP) is 3.27. The molecule has 0 aliphatic carbocycles. The Hall–Kier alpha value is -3.19. The van der Waals surface area contributed by atoms with Gasteiger partial charge in [0.1, 0.15) is 5.75 Å². The molecule has 1 amide bonds. The van der Waals surface area contributed by atoms with Gasteiger partial charge in [-0.3, -0.25) is 19.8 Å². The number of hydrogen-bond acceptors (Lipinski definition) is 5. The summed E-state index contributed by atoms with van der Waals surface area (Å²) in [5, 5.41) is 10.9. The Bertz CT molecular complexity index is 918. The Morgan fingerprint density at radius 2 is 1.93 bits per heavy atom. The smallest absolute Gasteiger partial charge is 0.269 e. The van der Waals surface area contributed by atoms with Crippen LogP contribution in [0, 0.1) is 17.0 Å². The Morgan fingerprint density at radius 1 is 1.17 bits per heavy atom. The molecule has 0 N–H and O–H groups in total. The molecule has 29 heavy (non-hydrogen) atoms. The van der Waals surface area contributed by atoms with Gasteiger partial charge in [0.15, 0.2) is 0 Å². The lowest BCUT2D eigenvalue weighted by Gasteiger charge is -2.34. The van der Waals surface area contributed by atoms with Gasteiger partial charge in [0, 0.05) is 56.5 Å². The van der Waals surface area contributed by atoms with E-state index in [1.807, 2.05) is 36.1 Å². The number of hydrogen-bond donors (Lipinski definition) is 0. The number of nitro benzene ring substituents is 1. The molecule has 3 rings (SSSR count). The first-order valence-corrected chi connectivity index (χ1v) is 9.53. The summed E-state index contributed by atoms with van der Waals surface area (Å²) in [6.45, 7) is 5.36. The topological polar surface area (TPSA) is 75.9 Å². The SMILES string of the molecule is COc1ccc(C)cc1/C=C/C(=O)N1CCN(Cc2cccc([N+](=O)[O-])c2)CC1. The van der Waals surface area contributed by atoms with Crippen LogP contribution in [0.4, 0.5) is 5.69 Å². The molecule has 0 spiro atoms. The van der Waals surface area contributed by atoms with Crippen molar-refractivity contribution in [2.45, 2.75) is 13.5 Å². The standard InChI is InChI=1S/C22H25N3O4/c1-17-6-8-21(29-2)19(14-17)7-9-22(26)24-12-10-23(11-13-24)16-18-4-3-5-20(15-18)25(27)28/h3-9,14-15H,10-13,16H2,1-2H3/b9-7+. The van der Waals surface area contributed by atoms with E-state index in [1.54, 1.807) is 31.4 Å². The summed E-state index contributed by atoms with van der Waals surface area (Å²) in [7, 11) is 1.62. The summed E-state index contributed by atoms with van der Waals surface area (Å²) in [6, 6.07) is 12.6. The minimum absolute atomic E-state index is 0.0245. The summed E-state index contributed by atoms with van der Waals surface area (Å²) in [5.74, 6) is 0.713. The zero-order valence-electron chi connectivity index (χ0n) is 16.7. The number of nitrogens with zero attached hydrogens (tertiary/aromatic N) is 3. The van der Waals surface area contributed by atoms with E-state index < -0.39 is 0 Å². The summed E-state index contributed by atoms with van der Waals surface area (Å²) < 4.78 is 5.35. The molecule has 1 heterocycles. The Balaban J connectivity index is 1.55. The van der Waals surface area contributed by atoms with Crippen molar-refractivity contribution < 1.29 is 14.5 Å². The molecule has 2 aromatic rings. The van der Waals surface area contributed by atoms with Crippen LogP contribution in [0.3, 0.4) is 0 Å². The molecule has 0 aromatic heterocycles. The molecule has 0 radical (unpaired) electrons. The lowest BCUT2D eigenvalue weighted by molar-refractivity contribution is -0.384. The predicted molar refractivity (Wildman–Crippen MR) is 112 cm³/mol. The molecule has 1 saturated heterocycles. The number of carbonyl (C=O) groups is 1. The van der Waals surface area contributed by atoms with Crippen LogP contribution in [-0.4, -0.2) is 53.9 Å². The van der Waals surface area contributed by atoms with E-state index in [1.165, 1.54) is 6.07 Å². The number of aryl methyl sites for hydroxylation is 1. The van der Waals surface area contributed by atoms with E-state index >= 15 is 0 Å². The molecule has 0 atom stereocenters. The van der Waals surface area contributed by atoms with Crippen LogP contribution in [0.15, 0.2) is 48.5 Å². The third-order valence-electron chi connectivity index (χ3n) is 5.00. The molecule has 0 unspecified atom stereocenters. The second-order valence-electron chi connectivity index (χ2n) is 7.11. The van der Waals surface area contributed by atoms with Gasteiger partial charge in [-0.15, -0.1) is 0 Å². The lowest BCUT2D eigenvalue weighted by Crippen LogP contribution is -2.47. The van der Waals surface area contributed by atoms with Gasteiger partial charge in [-0.1, -0.05) is 23.8 Å². The molecule has 2 aromatic carbocycles. The van der Waals surface area contributed by atoms with Crippen LogP contribution in [0.1, 0.15) is 16.7 Å². The Kier molecular flexibility index (Phi) is 6.61. The van der Waals surface area contributed by atoms with Crippen molar-refractivity contribution in [2.75, 3.05) is 33.3 Å². The van der Waals surface area contributed by atoms with Gasteiger partial charge in [-0.2, -0.15) is 0 Å². The number of non-ortho nitro benzene ring substituents is 1. The second-order valence-corrected chi connectivity index (χ2v) is 7.11. The first-order chi connectivity index (χ1) is 14.0. The van der Waals surface area contributed by atoms with Crippen molar-refractivity contribution in [3.8, 4) is 5.75 Å². The van der Waals surface area contributed by atoms with E-state index in [9.17, 15) is 14.9 Å². The summed E-state index contributed by atoms with van der Waals surface area (Å²) in [4.78, 5) is 27.1. The zero-order valence-corrected chi connectivity index (χ0v) is 16.7. The fourth-order valence-corrected chi connectivity index (χ4v) is 3.40. The zero-order chi connectivity index (χ0) is 20.8. The highest BCUT2D eigenvalue weighted by Crippen LogP contribution is 2.21. The van der Waals surface area contributed by atoms with Gasteiger partial charge in [-0.05, 0) is 30.7 Å². The van der Waals surface area contributed by atoms with Crippen molar-refractivity contribution >= 4 is 17.7 Å². The van der Waals surface area contributed by atoms with E-state index in [0.29, 0.717) is 19.6 Å². The minimum Gasteiger partial charge on any atom is -0.496 e. The van der Waals surface area contributed by atoms with Crippen LogP contribution >= 0.6 is 0 Å². The van der Waals surface area contributed by atoms with E-state index in [-0.39, 0.29) is 16.5 Å². The quantitative estimate of drug-likeness (QED) is 0.426. The number of carbonyl (C=O) groups excluding carboxylic acids is 1. The van der Waals surface area contributed by atoms with Crippen molar-refractivity contribution in [1.82, 2.24) is 9.80 Å². The number of amides is 1. The summed E-state index contributed by atoms with van der Waals surface area (Å²) in [6.07, 6.45) is 3.39. The van der Waals surface area contributed by atoms with Crippen LogP contribution in [0.25, 0.3) is 6.08 Å². The third-order valence-corrected chi connectivity index (χ3v) is 5.00. The van der Waals surface area contributed by atoms with Crippen LogP contribution in [0.5, 0.6) is 5.75 Å². The number of piperazine rings is 1. The Morgan fingerprint density at radius 3 is 2.62 bits per heavy atom. The van der Waals surface area contributed by atoms with Gasteiger partial charge < -0.3 is 9.64 Å². The molecule has 1 aliphatic rings. The first kappa shape index (κ1) is 20.5. The fourth-order valence-electron chi connectivity index (χ4n) is 3.40. The highest BCUT2D eigenvalue weighted by Gasteiger charge is 2.20. The highest BCUT2D eigenvalue weighted by molar-refractivity contribution is 5.92. The first-order valence-electron chi connectivity index (χ1n) is 9.53. The molecular weight excluding hydrogens is 370 g/mol. The third kappa shape index (κ3) is 5.42. The summed E-state index contributed by atoms with van der Waals surface area (Å²) in [5.41, 5.74) is 3.00. The van der Waals surface area contributed by atoms with Crippen molar-refractivity contribution in [1.29, 1.82) is 0 Å². The average Bonchev–Trinajstić information content (AvgIpc) is 2.73. The van der Waals surface area contributed by atoms with Crippen LogP contribution in [-0.2, 0) is 11.3 Å². The number of nitro groups is 1. The Labute approximate surface area is 170 Å². The largest absolute Gasteiger partial charge is 0.496 e. The molecule has 1 fully saturated rings. The van der Waals surface area contributed by atoms with Gasteiger partial charge in [0.05, 0.1) is 12.0 Å². The van der Waals surface area contributed by atoms with Crippen LogP contribution < -0.4 is 4.74 Å². The molecule has 152 valence electrons.